The van der Waals surface area contributed by atoms with Crippen LogP contribution in [0.4, 0.5) is 0 Å². The van der Waals surface area contributed by atoms with Gasteiger partial charge in [-0.25, -0.2) is 0 Å². The topological polar surface area (TPSA) is 26.0 Å². The zero-order valence-electron chi connectivity index (χ0n) is 8.15. The maximum atomic E-state index is 6.11. The zero-order valence-corrected chi connectivity index (χ0v) is 8.91. The minimum atomic E-state index is -0.127. The number of hydrogen-bond acceptors (Lipinski definition) is 1. The van der Waals surface area contributed by atoms with Crippen molar-refractivity contribution in [2.75, 3.05) is 0 Å². The summed E-state index contributed by atoms with van der Waals surface area (Å²) in [5, 5.41) is 0.713. The van der Waals surface area contributed by atoms with Crippen LogP contribution in [0, 0.1) is 6.07 Å². The first-order valence-corrected chi connectivity index (χ1v) is 5.12. The molecular weight excluding hydrogens is 206 g/mol. The van der Waals surface area contributed by atoms with Gasteiger partial charge in [0.25, 0.3) is 0 Å². The Bertz CT molecular complexity index is 439. The van der Waals surface area contributed by atoms with Crippen LogP contribution >= 0.6 is 11.6 Å². The maximum absolute atomic E-state index is 6.11. The third-order valence-electron chi connectivity index (χ3n) is 2.31. The van der Waals surface area contributed by atoms with Gasteiger partial charge < -0.3 is 5.73 Å². The van der Waals surface area contributed by atoms with Gasteiger partial charge in [0.2, 0.25) is 0 Å². The smallest absolute Gasteiger partial charge is 0.0552 e. The summed E-state index contributed by atoms with van der Waals surface area (Å²) in [6, 6.07) is 18.1. The van der Waals surface area contributed by atoms with E-state index in [9.17, 15) is 0 Å². The van der Waals surface area contributed by atoms with Crippen molar-refractivity contribution in [2.24, 2.45) is 5.73 Å². The molecule has 75 valence electrons. The van der Waals surface area contributed by atoms with Crippen molar-refractivity contribution >= 4 is 11.6 Å². The Morgan fingerprint density at radius 3 is 2.47 bits per heavy atom. The summed E-state index contributed by atoms with van der Waals surface area (Å²) in [7, 11) is 0. The van der Waals surface area contributed by atoms with Crippen LogP contribution in [0.3, 0.4) is 0 Å². The number of benzene rings is 2. The molecule has 1 radical (unpaired) electrons. The highest BCUT2D eigenvalue weighted by Crippen LogP contribution is 2.21. The van der Waals surface area contributed by atoms with Crippen molar-refractivity contribution in [1.82, 2.24) is 0 Å². The summed E-state index contributed by atoms with van der Waals surface area (Å²) in [5.74, 6) is 0. The summed E-state index contributed by atoms with van der Waals surface area (Å²) >= 11 is 5.91. The van der Waals surface area contributed by atoms with E-state index in [-0.39, 0.29) is 6.04 Å². The monoisotopic (exact) mass is 216 g/mol. The molecule has 0 aromatic heterocycles. The molecule has 2 aromatic carbocycles. The second kappa shape index (κ2) is 4.47. The lowest BCUT2D eigenvalue weighted by Gasteiger charge is -2.12. The summed E-state index contributed by atoms with van der Waals surface area (Å²) in [6.45, 7) is 0. The predicted octanol–water partition coefficient (Wildman–Crippen LogP) is 3.19. The van der Waals surface area contributed by atoms with Gasteiger partial charge in [-0.3, -0.25) is 0 Å². The van der Waals surface area contributed by atoms with Crippen LogP contribution in [-0.2, 0) is 0 Å². The average Bonchev–Trinajstić information content (AvgIpc) is 2.29. The first-order chi connectivity index (χ1) is 7.27. The predicted molar refractivity (Wildman–Crippen MR) is 62.8 cm³/mol. The van der Waals surface area contributed by atoms with E-state index < -0.39 is 0 Å². The molecular formula is C13H11ClN. The fourth-order valence-corrected chi connectivity index (χ4v) is 1.70. The Hall–Kier alpha value is -1.31. The zero-order chi connectivity index (χ0) is 10.7. The molecule has 0 aliphatic heterocycles. The summed E-state index contributed by atoms with van der Waals surface area (Å²) in [6.07, 6.45) is 0. The standard InChI is InChI=1S/C13H11ClN/c14-12-8-4-7-11(9-12)13(15)10-5-2-1-3-6-10/h2-9,13H,15H2. The lowest BCUT2D eigenvalue weighted by atomic mass is 10.00. The largest absolute Gasteiger partial charge is 0.320 e. The Balaban J connectivity index is 2.32. The highest BCUT2D eigenvalue weighted by molar-refractivity contribution is 6.30. The molecule has 0 fully saturated rings. The van der Waals surface area contributed by atoms with E-state index in [4.69, 9.17) is 17.3 Å². The molecule has 0 amide bonds. The molecule has 0 heterocycles. The third kappa shape index (κ3) is 2.38. The molecule has 2 rings (SSSR count). The molecule has 2 heteroatoms. The van der Waals surface area contributed by atoms with Gasteiger partial charge in [0.15, 0.2) is 0 Å². The number of hydrogen-bond donors (Lipinski definition) is 1. The minimum Gasteiger partial charge on any atom is -0.320 e. The molecule has 0 saturated heterocycles. The van der Waals surface area contributed by atoms with Gasteiger partial charge in [0.05, 0.1) is 6.04 Å². The van der Waals surface area contributed by atoms with Crippen molar-refractivity contribution in [3.63, 3.8) is 0 Å². The summed E-state index contributed by atoms with van der Waals surface area (Å²) in [5.41, 5.74) is 8.20. The lowest BCUT2D eigenvalue weighted by molar-refractivity contribution is 0.871. The molecule has 0 saturated carbocycles. The minimum absolute atomic E-state index is 0.127. The van der Waals surface area contributed by atoms with Gasteiger partial charge >= 0.3 is 0 Å². The van der Waals surface area contributed by atoms with Gasteiger partial charge in [0, 0.05) is 5.02 Å². The molecule has 1 nitrogen and oxygen atoms in total. The van der Waals surface area contributed by atoms with Crippen molar-refractivity contribution in [3.8, 4) is 0 Å². The van der Waals surface area contributed by atoms with Crippen LogP contribution < -0.4 is 5.73 Å². The van der Waals surface area contributed by atoms with E-state index in [2.05, 4.69) is 6.07 Å². The van der Waals surface area contributed by atoms with Gasteiger partial charge in [-0.15, -0.1) is 0 Å². The van der Waals surface area contributed by atoms with Crippen LogP contribution in [0.2, 0.25) is 5.02 Å². The molecule has 0 aliphatic carbocycles. The van der Waals surface area contributed by atoms with E-state index in [0.717, 1.165) is 11.1 Å². The second-order valence-corrected chi connectivity index (χ2v) is 3.80. The Morgan fingerprint density at radius 1 is 1.07 bits per heavy atom. The van der Waals surface area contributed by atoms with Gasteiger partial charge in [0.1, 0.15) is 0 Å². The van der Waals surface area contributed by atoms with Crippen LogP contribution in [0.15, 0.2) is 48.5 Å². The highest BCUT2D eigenvalue weighted by Gasteiger charge is 2.07. The second-order valence-electron chi connectivity index (χ2n) is 3.37. The van der Waals surface area contributed by atoms with E-state index in [1.165, 1.54) is 0 Å². The quantitative estimate of drug-likeness (QED) is 0.820. The Morgan fingerprint density at radius 2 is 1.80 bits per heavy atom. The van der Waals surface area contributed by atoms with Crippen molar-refractivity contribution < 1.29 is 0 Å². The highest BCUT2D eigenvalue weighted by atomic mass is 35.5. The molecule has 0 aliphatic rings. The van der Waals surface area contributed by atoms with E-state index in [1.54, 1.807) is 0 Å². The molecule has 0 bridgehead atoms. The van der Waals surface area contributed by atoms with Gasteiger partial charge in [-0.2, -0.15) is 0 Å². The number of rotatable bonds is 2. The maximum Gasteiger partial charge on any atom is 0.0552 e. The normalized spacial score (nSPS) is 12.4. The van der Waals surface area contributed by atoms with Crippen molar-refractivity contribution in [1.29, 1.82) is 0 Å². The van der Waals surface area contributed by atoms with E-state index in [0.29, 0.717) is 5.02 Å². The van der Waals surface area contributed by atoms with Crippen LogP contribution in [0.1, 0.15) is 17.2 Å². The summed E-state index contributed by atoms with van der Waals surface area (Å²) < 4.78 is 0. The van der Waals surface area contributed by atoms with Crippen LogP contribution in [0.25, 0.3) is 0 Å². The first-order valence-electron chi connectivity index (χ1n) is 4.74. The Kier molecular flexibility index (Phi) is 3.05. The average molecular weight is 217 g/mol. The van der Waals surface area contributed by atoms with Crippen molar-refractivity contribution in [3.05, 3.63) is 70.7 Å². The number of halogens is 1. The summed E-state index contributed by atoms with van der Waals surface area (Å²) in [4.78, 5) is 0. The van der Waals surface area contributed by atoms with E-state index in [1.807, 2.05) is 48.5 Å². The third-order valence-corrected chi connectivity index (χ3v) is 2.55. The Labute approximate surface area is 94.5 Å². The van der Waals surface area contributed by atoms with Crippen LogP contribution in [-0.4, -0.2) is 0 Å². The molecule has 15 heavy (non-hydrogen) atoms. The van der Waals surface area contributed by atoms with Gasteiger partial charge in [-0.05, 0) is 29.3 Å². The van der Waals surface area contributed by atoms with Crippen LogP contribution in [0.5, 0.6) is 0 Å². The van der Waals surface area contributed by atoms with E-state index >= 15 is 0 Å². The molecule has 2 N–H and O–H groups in total. The molecule has 1 unspecified atom stereocenters. The van der Waals surface area contributed by atoms with Gasteiger partial charge in [-0.1, -0.05) is 48.0 Å². The first kappa shape index (κ1) is 10.2. The molecule has 0 spiro atoms. The molecule has 2 aromatic rings. The lowest BCUT2D eigenvalue weighted by Crippen LogP contribution is -2.11. The SMILES string of the molecule is NC(c1cc[c]cc1)c1cccc(Cl)c1. The fraction of sp³-hybridized carbons (Fsp3) is 0.0769. The molecule has 1 atom stereocenters. The van der Waals surface area contributed by atoms with Crippen molar-refractivity contribution in [2.45, 2.75) is 6.04 Å². The fourth-order valence-electron chi connectivity index (χ4n) is 1.50. The number of nitrogens with two attached hydrogens (primary N) is 1.